The molecule has 2 aromatic heterocycles. The van der Waals surface area contributed by atoms with Crippen molar-refractivity contribution >= 4 is 28.8 Å². The Morgan fingerprint density at radius 2 is 1.97 bits per heavy atom. The Labute approximate surface area is 165 Å². The largest absolute Gasteiger partial charge is 0.321 e. The van der Waals surface area contributed by atoms with E-state index in [0.717, 1.165) is 42.9 Å². The Balaban J connectivity index is 1.50. The predicted octanol–water partition coefficient (Wildman–Crippen LogP) is 4.55. The Kier molecular flexibility index (Phi) is 5.33. The van der Waals surface area contributed by atoms with Gasteiger partial charge < -0.3 is 10.1 Å². The van der Waals surface area contributed by atoms with Crippen molar-refractivity contribution in [3.63, 3.8) is 0 Å². The van der Waals surface area contributed by atoms with Crippen LogP contribution < -0.4 is 5.32 Å². The molecular formula is C21H20F2N4O2. The number of hydrogen-bond acceptors (Lipinski definition) is 4. The van der Waals surface area contributed by atoms with Crippen molar-refractivity contribution in [3.8, 4) is 0 Å². The zero-order chi connectivity index (χ0) is 20.4. The maximum atomic E-state index is 12.8. The summed E-state index contributed by atoms with van der Waals surface area (Å²) in [5.41, 5.74) is 0.846. The van der Waals surface area contributed by atoms with E-state index < -0.39 is 18.0 Å². The Hall–Kier alpha value is -3.16. The topological polar surface area (TPSA) is 76.9 Å². The van der Waals surface area contributed by atoms with Gasteiger partial charge in [-0.3, -0.25) is 9.48 Å². The van der Waals surface area contributed by atoms with Gasteiger partial charge in [-0.25, -0.2) is 13.8 Å². The summed E-state index contributed by atoms with van der Waals surface area (Å²) in [6.45, 7) is 0. The van der Waals surface area contributed by atoms with Crippen molar-refractivity contribution in [1.82, 2.24) is 14.8 Å². The van der Waals surface area contributed by atoms with E-state index in [-0.39, 0.29) is 17.7 Å². The lowest BCUT2D eigenvalue weighted by Crippen LogP contribution is -2.19. The molecule has 3 aromatic rings. The van der Waals surface area contributed by atoms with Gasteiger partial charge in [0, 0.05) is 23.2 Å². The number of halogens is 2. The molecule has 0 saturated heterocycles. The van der Waals surface area contributed by atoms with Gasteiger partial charge in [0.1, 0.15) is 17.7 Å². The minimum absolute atomic E-state index is 0.0643. The molecule has 0 spiro atoms. The van der Waals surface area contributed by atoms with Crippen LogP contribution in [-0.2, 0) is 4.79 Å². The maximum absolute atomic E-state index is 12.8. The molecule has 29 heavy (non-hydrogen) atoms. The van der Waals surface area contributed by atoms with Gasteiger partial charge in [-0.1, -0.05) is 6.07 Å². The zero-order valence-corrected chi connectivity index (χ0v) is 15.6. The average Bonchev–Trinajstić information content (AvgIpc) is 3.17. The number of anilines is 1. The molecule has 0 atom stereocenters. The number of aldehydes is 1. The third-order valence-electron chi connectivity index (χ3n) is 5.31. The minimum Gasteiger partial charge on any atom is -0.321 e. The highest BCUT2D eigenvalue weighted by Crippen LogP contribution is 2.32. The van der Waals surface area contributed by atoms with Gasteiger partial charge in [-0.05, 0) is 56.0 Å². The number of fused-ring (bicyclic) bond motifs is 1. The number of amides is 1. The first-order valence-electron chi connectivity index (χ1n) is 9.54. The van der Waals surface area contributed by atoms with E-state index >= 15 is 0 Å². The predicted molar refractivity (Wildman–Crippen MR) is 104 cm³/mol. The van der Waals surface area contributed by atoms with Crippen molar-refractivity contribution in [3.05, 3.63) is 54.0 Å². The fourth-order valence-corrected chi connectivity index (χ4v) is 3.71. The average molecular weight is 398 g/mol. The molecule has 2 heterocycles. The quantitative estimate of drug-likeness (QED) is 0.640. The van der Waals surface area contributed by atoms with Gasteiger partial charge in [-0.15, -0.1) is 0 Å². The molecule has 1 aliphatic carbocycles. The highest BCUT2D eigenvalue weighted by atomic mass is 19.3. The number of nitrogens with one attached hydrogen (secondary N) is 1. The van der Waals surface area contributed by atoms with Crippen LogP contribution in [0.15, 0.2) is 42.6 Å². The number of carbonyl (C=O) groups is 2. The number of nitrogens with zero attached hydrogens (tertiary/aromatic N) is 3. The summed E-state index contributed by atoms with van der Waals surface area (Å²) in [5, 5.41) is 8.18. The molecule has 1 N–H and O–H groups in total. The van der Waals surface area contributed by atoms with Crippen LogP contribution in [0.5, 0.6) is 0 Å². The molecule has 0 aliphatic heterocycles. The van der Waals surface area contributed by atoms with E-state index in [4.69, 9.17) is 0 Å². The summed E-state index contributed by atoms with van der Waals surface area (Å²) in [5.74, 6) is -0.401. The van der Waals surface area contributed by atoms with Crippen LogP contribution in [0, 0.1) is 5.92 Å². The van der Waals surface area contributed by atoms with Crippen molar-refractivity contribution in [2.24, 2.45) is 5.92 Å². The van der Waals surface area contributed by atoms with Crippen molar-refractivity contribution in [1.29, 1.82) is 0 Å². The fraction of sp³-hybridized carbons (Fsp3) is 0.333. The number of pyridine rings is 1. The molecule has 4 rings (SSSR count). The highest BCUT2D eigenvalue weighted by Gasteiger charge is 2.22. The van der Waals surface area contributed by atoms with Crippen molar-refractivity contribution in [2.45, 2.75) is 38.2 Å². The van der Waals surface area contributed by atoms with Crippen LogP contribution in [0.4, 0.5) is 14.5 Å². The Morgan fingerprint density at radius 3 is 2.69 bits per heavy atom. The molecule has 6 nitrogen and oxygen atoms in total. The van der Waals surface area contributed by atoms with E-state index in [1.54, 1.807) is 12.1 Å². The fourth-order valence-electron chi connectivity index (χ4n) is 3.71. The summed E-state index contributed by atoms with van der Waals surface area (Å²) in [6.07, 6.45) is 3.81. The number of hydrogen-bond donors (Lipinski definition) is 1. The summed E-state index contributed by atoms with van der Waals surface area (Å²) >= 11 is 0. The number of rotatable bonds is 5. The van der Waals surface area contributed by atoms with Gasteiger partial charge in [0.2, 0.25) is 0 Å². The van der Waals surface area contributed by atoms with Crippen LogP contribution >= 0.6 is 0 Å². The highest BCUT2D eigenvalue weighted by molar-refractivity contribution is 6.03. The monoisotopic (exact) mass is 398 g/mol. The first-order chi connectivity index (χ1) is 14.0. The van der Waals surface area contributed by atoms with Crippen LogP contribution in [0.3, 0.4) is 0 Å². The molecule has 0 bridgehead atoms. The number of benzene rings is 1. The van der Waals surface area contributed by atoms with E-state index in [0.29, 0.717) is 5.69 Å². The second-order valence-electron chi connectivity index (χ2n) is 7.29. The van der Waals surface area contributed by atoms with Gasteiger partial charge in [0.05, 0.1) is 11.6 Å². The third-order valence-corrected chi connectivity index (χ3v) is 5.31. The van der Waals surface area contributed by atoms with Crippen LogP contribution in [0.2, 0.25) is 0 Å². The lowest BCUT2D eigenvalue weighted by atomic mass is 9.87. The zero-order valence-electron chi connectivity index (χ0n) is 15.6. The van der Waals surface area contributed by atoms with Gasteiger partial charge in [0.15, 0.2) is 0 Å². The van der Waals surface area contributed by atoms with E-state index in [1.807, 2.05) is 16.9 Å². The lowest BCUT2D eigenvalue weighted by Gasteiger charge is -2.25. The summed E-state index contributed by atoms with van der Waals surface area (Å²) in [4.78, 5) is 27.0. The van der Waals surface area contributed by atoms with E-state index in [2.05, 4.69) is 15.4 Å². The lowest BCUT2D eigenvalue weighted by molar-refractivity contribution is -0.112. The number of alkyl halides is 2. The second-order valence-corrected chi connectivity index (χ2v) is 7.29. The smallest absolute Gasteiger partial charge is 0.280 e. The minimum atomic E-state index is -2.73. The molecule has 150 valence electrons. The molecular weight excluding hydrogens is 378 g/mol. The molecule has 1 aliphatic rings. The molecule has 8 heteroatoms. The number of aromatic nitrogens is 3. The molecule has 0 radical (unpaired) electrons. The maximum Gasteiger partial charge on any atom is 0.280 e. The van der Waals surface area contributed by atoms with Crippen molar-refractivity contribution in [2.75, 3.05) is 5.32 Å². The SMILES string of the molecule is O=C[C@H]1CC[C@H](n2cc3cc(NC(=O)c4cccc(C(F)F)n4)ccc3n2)CC1. The Morgan fingerprint density at radius 1 is 1.17 bits per heavy atom. The van der Waals surface area contributed by atoms with Crippen molar-refractivity contribution < 1.29 is 18.4 Å². The number of carbonyl (C=O) groups excluding carboxylic acids is 2. The molecule has 1 aromatic carbocycles. The first kappa shape index (κ1) is 19.2. The molecule has 1 saturated carbocycles. The molecule has 0 unspecified atom stereocenters. The second kappa shape index (κ2) is 8.06. The Bertz CT molecular complexity index is 1040. The first-order valence-corrected chi connectivity index (χ1v) is 9.54. The van der Waals surface area contributed by atoms with Gasteiger partial charge in [0.25, 0.3) is 12.3 Å². The van der Waals surface area contributed by atoms with Crippen LogP contribution in [0.25, 0.3) is 10.9 Å². The van der Waals surface area contributed by atoms with Crippen LogP contribution in [0.1, 0.15) is 54.3 Å². The van der Waals surface area contributed by atoms with E-state index in [9.17, 15) is 18.4 Å². The van der Waals surface area contributed by atoms with Crippen LogP contribution in [-0.4, -0.2) is 27.0 Å². The normalized spacial score (nSPS) is 19.4. The standard InChI is InChI=1S/C21H20F2N4O2/c22-20(23)18-2-1-3-19(25-18)21(29)24-15-6-9-17-14(10-15)11-27(26-17)16-7-4-13(12-28)5-8-16/h1-3,6,9-13,16,20H,4-5,7-8H2,(H,24,29)/t13-,16-. The van der Waals surface area contributed by atoms with Gasteiger partial charge in [-0.2, -0.15) is 5.10 Å². The van der Waals surface area contributed by atoms with E-state index in [1.165, 1.54) is 18.2 Å². The summed E-state index contributed by atoms with van der Waals surface area (Å²) in [7, 11) is 0. The molecule has 1 amide bonds. The molecule has 1 fully saturated rings. The summed E-state index contributed by atoms with van der Waals surface area (Å²) in [6, 6.07) is 9.55. The summed E-state index contributed by atoms with van der Waals surface area (Å²) < 4.78 is 27.5. The third kappa shape index (κ3) is 4.16. The van der Waals surface area contributed by atoms with Gasteiger partial charge >= 0.3 is 0 Å².